The number of amides is 1. The Kier molecular flexibility index (Phi) is 6.75. The van der Waals surface area contributed by atoms with Crippen LogP contribution in [-0.4, -0.2) is 25.6 Å². The molecule has 1 amide bonds. The molecule has 3 aromatic carbocycles. The number of H-pyrrole nitrogens is 1. The number of anilines is 1. The van der Waals surface area contributed by atoms with Gasteiger partial charge in [-0.3, -0.25) is 4.79 Å². The molecule has 0 unspecified atom stereocenters. The number of aromatic nitrogens is 1. The van der Waals surface area contributed by atoms with E-state index in [0.29, 0.717) is 32.5 Å². The Hall–Kier alpha value is -2.80. The number of carbonyl (C=O) groups is 1. The standard InChI is InChI=1S/C28H28Cl2N2O3S/c1-27(2,18-8-10-21(29)11-9-18)20-13-22(30)16-23(14-20)31-26(33)25-12-17-6-7-19(15-24(17)32-25)28(3,4)36(5,34)35/h6-16,32H,1-5H3,(H,31,33). The molecule has 0 atom stereocenters. The van der Waals surface area contributed by atoms with Gasteiger partial charge in [-0.05, 0) is 73.0 Å². The Labute approximate surface area is 221 Å². The van der Waals surface area contributed by atoms with Crippen molar-refractivity contribution >= 4 is 55.5 Å². The summed E-state index contributed by atoms with van der Waals surface area (Å²) in [5, 5.41) is 4.91. The van der Waals surface area contributed by atoms with Crippen molar-refractivity contribution in [1.29, 1.82) is 0 Å². The van der Waals surface area contributed by atoms with Crippen molar-refractivity contribution in [2.24, 2.45) is 0 Å². The zero-order valence-corrected chi connectivity index (χ0v) is 23.1. The van der Waals surface area contributed by atoms with E-state index in [-0.39, 0.29) is 11.3 Å². The molecule has 5 nitrogen and oxygen atoms in total. The average molecular weight is 544 g/mol. The third-order valence-electron chi connectivity index (χ3n) is 6.93. The fourth-order valence-electron chi connectivity index (χ4n) is 4.09. The second-order valence-corrected chi connectivity index (χ2v) is 13.5. The maximum absolute atomic E-state index is 13.1. The van der Waals surface area contributed by atoms with Gasteiger partial charge in [0.05, 0.1) is 4.75 Å². The summed E-state index contributed by atoms with van der Waals surface area (Å²) in [6.45, 7) is 7.51. The molecule has 0 aliphatic rings. The van der Waals surface area contributed by atoms with Gasteiger partial charge in [0.15, 0.2) is 9.84 Å². The van der Waals surface area contributed by atoms with Gasteiger partial charge in [-0.2, -0.15) is 0 Å². The van der Waals surface area contributed by atoms with E-state index in [9.17, 15) is 13.2 Å². The minimum atomic E-state index is -3.33. The minimum absolute atomic E-state index is 0.326. The average Bonchev–Trinajstić information content (AvgIpc) is 3.22. The molecule has 188 valence electrons. The lowest BCUT2D eigenvalue weighted by atomic mass is 9.78. The van der Waals surface area contributed by atoms with Crippen LogP contribution in [0.15, 0.2) is 66.7 Å². The summed E-state index contributed by atoms with van der Waals surface area (Å²) in [5.74, 6) is -0.326. The van der Waals surface area contributed by atoms with E-state index in [2.05, 4.69) is 24.1 Å². The number of sulfone groups is 1. The lowest BCUT2D eigenvalue weighted by molar-refractivity contribution is 0.102. The maximum Gasteiger partial charge on any atom is 0.272 e. The molecule has 1 aromatic heterocycles. The number of hydrogen-bond donors (Lipinski definition) is 2. The first-order chi connectivity index (χ1) is 16.7. The number of benzene rings is 3. The van der Waals surface area contributed by atoms with E-state index >= 15 is 0 Å². The Bertz CT molecular complexity index is 1570. The van der Waals surface area contributed by atoms with Crippen molar-refractivity contribution in [2.75, 3.05) is 11.6 Å². The van der Waals surface area contributed by atoms with E-state index in [1.54, 1.807) is 38.1 Å². The van der Waals surface area contributed by atoms with Crippen LogP contribution < -0.4 is 5.32 Å². The first kappa shape index (κ1) is 26.3. The summed E-state index contributed by atoms with van der Waals surface area (Å²) >= 11 is 12.5. The molecule has 0 radical (unpaired) electrons. The Morgan fingerprint density at radius 2 is 1.44 bits per heavy atom. The van der Waals surface area contributed by atoms with Crippen LogP contribution in [0.3, 0.4) is 0 Å². The zero-order valence-electron chi connectivity index (χ0n) is 20.7. The molecule has 0 fully saturated rings. The summed E-state index contributed by atoms with van der Waals surface area (Å²) < 4.78 is 23.4. The zero-order chi connectivity index (χ0) is 26.5. The smallest absolute Gasteiger partial charge is 0.272 e. The maximum atomic E-state index is 13.1. The van der Waals surface area contributed by atoms with Crippen LogP contribution in [0.1, 0.15) is 54.9 Å². The van der Waals surface area contributed by atoms with Crippen LogP contribution in [0.25, 0.3) is 10.9 Å². The van der Waals surface area contributed by atoms with Crippen LogP contribution >= 0.6 is 23.2 Å². The van der Waals surface area contributed by atoms with Crippen LogP contribution in [0.2, 0.25) is 10.0 Å². The molecular formula is C28H28Cl2N2O3S. The summed E-state index contributed by atoms with van der Waals surface area (Å²) in [7, 11) is -3.33. The normalized spacial score (nSPS) is 12.6. The SMILES string of the molecule is CC(C)(c1ccc(Cl)cc1)c1cc(Cl)cc(NC(=O)c2cc3ccc(C(C)(C)S(C)(=O)=O)cc3[nH]2)c1. The van der Waals surface area contributed by atoms with E-state index in [4.69, 9.17) is 23.2 Å². The molecule has 2 N–H and O–H groups in total. The van der Waals surface area contributed by atoms with Gasteiger partial charge in [-0.25, -0.2) is 8.42 Å². The number of carbonyl (C=O) groups excluding carboxylic acids is 1. The van der Waals surface area contributed by atoms with E-state index in [1.807, 2.05) is 42.5 Å². The number of halogens is 2. The molecule has 0 aliphatic carbocycles. The minimum Gasteiger partial charge on any atom is -0.351 e. The monoisotopic (exact) mass is 542 g/mol. The van der Waals surface area contributed by atoms with Crippen molar-refractivity contribution in [2.45, 2.75) is 37.9 Å². The third kappa shape index (κ3) is 5.03. The van der Waals surface area contributed by atoms with Crippen LogP contribution in [0, 0.1) is 0 Å². The highest BCUT2D eigenvalue weighted by atomic mass is 35.5. The number of rotatable bonds is 6. The van der Waals surface area contributed by atoms with Crippen molar-refractivity contribution in [3.63, 3.8) is 0 Å². The first-order valence-corrected chi connectivity index (χ1v) is 14.0. The highest BCUT2D eigenvalue weighted by Gasteiger charge is 2.32. The fraction of sp³-hybridized carbons (Fsp3) is 0.250. The molecule has 8 heteroatoms. The molecule has 0 aliphatic heterocycles. The molecule has 4 rings (SSSR count). The summed E-state index contributed by atoms with van der Waals surface area (Å²) in [6.07, 6.45) is 1.22. The van der Waals surface area contributed by atoms with Crippen LogP contribution in [-0.2, 0) is 20.0 Å². The van der Waals surface area contributed by atoms with Crippen LogP contribution in [0.5, 0.6) is 0 Å². The predicted molar refractivity (Wildman–Crippen MR) is 149 cm³/mol. The molecular weight excluding hydrogens is 515 g/mol. The summed E-state index contributed by atoms with van der Waals surface area (Å²) in [4.78, 5) is 16.2. The third-order valence-corrected chi connectivity index (χ3v) is 9.49. The molecule has 0 spiro atoms. The van der Waals surface area contributed by atoms with Crippen molar-refractivity contribution in [1.82, 2.24) is 4.98 Å². The highest BCUT2D eigenvalue weighted by molar-refractivity contribution is 7.91. The molecule has 1 heterocycles. The highest BCUT2D eigenvalue weighted by Crippen LogP contribution is 2.36. The second kappa shape index (κ2) is 9.25. The van der Waals surface area contributed by atoms with Gasteiger partial charge in [-0.15, -0.1) is 0 Å². The van der Waals surface area contributed by atoms with Gasteiger partial charge < -0.3 is 10.3 Å². The molecule has 4 aromatic rings. The molecule has 0 bridgehead atoms. The Morgan fingerprint density at radius 1 is 0.806 bits per heavy atom. The van der Waals surface area contributed by atoms with E-state index < -0.39 is 14.6 Å². The summed E-state index contributed by atoms with van der Waals surface area (Å²) in [5.41, 5.74) is 3.89. The van der Waals surface area contributed by atoms with Gasteiger partial charge in [0, 0.05) is 38.3 Å². The Balaban J connectivity index is 1.63. The second-order valence-electron chi connectivity index (χ2n) is 10.1. The summed E-state index contributed by atoms with van der Waals surface area (Å²) in [6, 6.07) is 20.3. The van der Waals surface area contributed by atoms with Crippen molar-refractivity contribution in [3.8, 4) is 0 Å². The topological polar surface area (TPSA) is 79.0 Å². The van der Waals surface area contributed by atoms with E-state index in [0.717, 1.165) is 16.5 Å². The number of hydrogen-bond acceptors (Lipinski definition) is 3. The lowest BCUT2D eigenvalue weighted by Crippen LogP contribution is -2.27. The fourth-order valence-corrected chi connectivity index (χ4v) is 5.01. The number of fused-ring (bicyclic) bond motifs is 1. The number of nitrogens with one attached hydrogen (secondary N) is 2. The predicted octanol–water partition coefficient (Wildman–Crippen LogP) is 7.33. The van der Waals surface area contributed by atoms with Crippen molar-refractivity contribution < 1.29 is 13.2 Å². The largest absolute Gasteiger partial charge is 0.351 e. The van der Waals surface area contributed by atoms with Gasteiger partial charge in [0.1, 0.15) is 5.69 Å². The van der Waals surface area contributed by atoms with Crippen LogP contribution in [0.4, 0.5) is 5.69 Å². The molecule has 0 saturated heterocycles. The molecule has 0 saturated carbocycles. The molecule has 36 heavy (non-hydrogen) atoms. The van der Waals surface area contributed by atoms with Gasteiger partial charge >= 0.3 is 0 Å². The Morgan fingerprint density at radius 3 is 2.08 bits per heavy atom. The number of aromatic amines is 1. The van der Waals surface area contributed by atoms with E-state index in [1.165, 1.54) is 6.26 Å². The van der Waals surface area contributed by atoms with Gasteiger partial charge in [-0.1, -0.05) is 61.3 Å². The quantitative estimate of drug-likeness (QED) is 0.267. The lowest BCUT2D eigenvalue weighted by Gasteiger charge is -2.27. The first-order valence-electron chi connectivity index (χ1n) is 11.4. The van der Waals surface area contributed by atoms with Crippen molar-refractivity contribution in [3.05, 3.63) is 99.2 Å². The van der Waals surface area contributed by atoms with Gasteiger partial charge in [0.2, 0.25) is 0 Å². The van der Waals surface area contributed by atoms with Gasteiger partial charge in [0.25, 0.3) is 5.91 Å².